The van der Waals surface area contributed by atoms with Gasteiger partial charge in [-0.25, -0.2) is 4.98 Å². The van der Waals surface area contributed by atoms with Crippen LogP contribution in [0.2, 0.25) is 0 Å². The van der Waals surface area contributed by atoms with Gasteiger partial charge >= 0.3 is 12.1 Å². The van der Waals surface area contributed by atoms with E-state index < -0.39 is 17.6 Å². The summed E-state index contributed by atoms with van der Waals surface area (Å²) in [6.07, 6.45) is 0.960. The first-order valence-electron chi connectivity index (χ1n) is 9.13. The first-order valence-corrected chi connectivity index (χ1v) is 9.13. The van der Waals surface area contributed by atoms with Gasteiger partial charge in [-0.05, 0) is 37.5 Å². The Bertz CT molecular complexity index is 962. The number of halogens is 3. The fraction of sp³-hybridized carbons (Fsp3) is 0.421. The third-order valence-electron chi connectivity index (χ3n) is 4.76. The molecule has 1 aliphatic heterocycles. The van der Waals surface area contributed by atoms with E-state index in [1.54, 1.807) is 0 Å². The molecule has 1 N–H and O–H groups in total. The summed E-state index contributed by atoms with van der Waals surface area (Å²) < 4.78 is 50.5. The number of nitrogens with one attached hydrogen (secondary N) is 1. The van der Waals surface area contributed by atoms with Crippen molar-refractivity contribution in [2.75, 3.05) is 13.1 Å². The number of nitrogens with zero attached hydrogens (tertiary/aromatic N) is 3. The number of rotatable bonds is 5. The first kappa shape index (κ1) is 19.1. The molecule has 1 atom stereocenters. The van der Waals surface area contributed by atoms with E-state index in [1.807, 2.05) is 6.19 Å². The van der Waals surface area contributed by atoms with Crippen LogP contribution in [0.1, 0.15) is 35.5 Å². The Morgan fingerprint density at radius 2 is 2.14 bits per heavy atom. The first-order chi connectivity index (χ1) is 13.8. The molecule has 1 aromatic heterocycles. The minimum absolute atomic E-state index is 0.0157. The molecule has 2 fully saturated rings. The molecule has 1 saturated carbocycles. The van der Waals surface area contributed by atoms with E-state index in [0.29, 0.717) is 19.5 Å². The van der Waals surface area contributed by atoms with Gasteiger partial charge in [0.25, 0.3) is 5.89 Å². The van der Waals surface area contributed by atoms with Crippen LogP contribution in [-0.4, -0.2) is 41.0 Å². The fourth-order valence-electron chi connectivity index (χ4n) is 3.09. The third-order valence-corrected chi connectivity index (χ3v) is 4.76. The Kier molecular flexibility index (Phi) is 4.82. The highest BCUT2D eigenvalue weighted by atomic mass is 19.4. The van der Waals surface area contributed by atoms with Crippen LogP contribution >= 0.6 is 0 Å². The Labute approximate surface area is 164 Å². The highest BCUT2D eigenvalue weighted by molar-refractivity contribution is 5.90. The molecular formula is C19H17F3N4O3. The lowest BCUT2D eigenvalue weighted by Gasteiger charge is -2.13. The summed E-state index contributed by atoms with van der Waals surface area (Å²) in [6.45, 7) is 0.938. The van der Waals surface area contributed by atoms with Gasteiger partial charge in [-0.1, -0.05) is 0 Å². The van der Waals surface area contributed by atoms with Gasteiger partial charge in [0.15, 0.2) is 12.0 Å². The predicted octanol–water partition coefficient (Wildman–Crippen LogP) is 3.19. The third kappa shape index (κ3) is 4.29. The number of likely N-dealkylation sites (tertiary alicyclic amines) is 1. The summed E-state index contributed by atoms with van der Waals surface area (Å²) in [7, 11) is 0. The van der Waals surface area contributed by atoms with Gasteiger partial charge in [-0.15, -0.1) is 0 Å². The number of ether oxygens (including phenoxy) is 1. The maximum atomic E-state index is 13.1. The monoisotopic (exact) mass is 406 g/mol. The number of aromatic nitrogens is 1. The van der Waals surface area contributed by atoms with Crippen LogP contribution < -0.4 is 10.1 Å². The molecule has 7 nitrogen and oxygen atoms in total. The number of carbonyl (C=O) groups is 1. The van der Waals surface area contributed by atoms with Crippen LogP contribution in [0.4, 0.5) is 13.2 Å². The lowest BCUT2D eigenvalue weighted by atomic mass is 10.1. The summed E-state index contributed by atoms with van der Waals surface area (Å²) in [4.78, 5) is 17.8. The van der Waals surface area contributed by atoms with Crippen LogP contribution in [0.15, 0.2) is 28.8 Å². The minimum Gasteiger partial charge on any atom is -0.490 e. The number of alkyl halides is 3. The second kappa shape index (κ2) is 7.31. The van der Waals surface area contributed by atoms with E-state index in [1.165, 1.54) is 17.2 Å². The van der Waals surface area contributed by atoms with Crippen molar-refractivity contribution >= 4 is 5.91 Å². The SMILES string of the molecule is N#CN1CCC(NC(=O)c2ncc(-c3cc(C(F)(F)F)ccc3OC3CC3)o2)C1. The molecule has 0 radical (unpaired) electrons. The molecule has 152 valence electrons. The zero-order valence-electron chi connectivity index (χ0n) is 15.2. The van der Waals surface area contributed by atoms with Gasteiger partial charge in [0.05, 0.1) is 23.4 Å². The molecule has 1 amide bonds. The van der Waals surface area contributed by atoms with Crippen molar-refractivity contribution in [3.8, 4) is 23.3 Å². The van der Waals surface area contributed by atoms with Crippen molar-refractivity contribution in [2.24, 2.45) is 0 Å². The van der Waals surface area contributed by atoms with Crippen molar-refractivity contribution in [1.82, 2.24) is 15.2 Å². The van der Waals surface area contributed by atoms with Crippen molar-refractivity contribution in [3.05, 3.63) is 35.9 Å². The molecule has 0 bridgehead atoms. The van der Waals surface area contributed by atoms with E-state index in [9.17, 15) is 18.0 Å². The molecule has 2 aliphatic rings. The summed E-state index contributed by atoms with van der Waals surface area (Å²) in [5.41, 5.74) is -0.754. The predicted molar refractivity (Wildman–Crippen MR) is 93.6 cm³/mol. The Morgan fingerprint density at radius 3 is 2.79 bits per heavy atom. The van der Waals surface area contributed by atoms with E-state index >= 15 is 0 Å². The van der Waals surface area contributed by atoms with Gasteiger partial charge in [0.2, 0.25) is 0 Å². The molecule has 1 saturated heterocycles. The lowest BCUT2D eigenvalue weighted by molar-refractivity contribution is -0.137. The second-order valence-corrected chi connectivity index (χ2v) is 7.06. The largest absolute Gasteiger partial charge is 0.490 e. The van der Waals surface area contributed by atoms with Crippen LogP contribution in [0.3, 0.4) is 0 Å². The highest BCUT2D eigenvalue weighted by Crippen LogP contribution is 2.39. The molecule has 1 aromatic carbocycles. The van der Waals surface area contributed by atoms with Gasteiger partial charge < -0.3 is 19.4 Å². The van der Waals surface area contributed by atoms with Crippen molar-refractivity contribution in [2.45, 2.75) is 37.6 Å². The Balaban J connectivity index is 1.56. The Morgan fingerprint density at radius 1 is 1.34 bits per heavy atom. The maximum absolute atomic E-state index is 13.1. The number of oxazole rings is 1. The zero-order chi connectivity index (χ0) is 20.6. The van der Waals surface area contributed by atoms with E-state index in [-0.39, 0.29) is 35.1 Å². The smallest absolute Gasteiger partial charge is 0.416 e. The maximum Gasteiger partial charge on any atom is 0.416 e. The van der Waals surface area contributed by atoms with Crippen LogP contribution in [0, 0.1) is 11.5 Å². The molecule has 2 aromatic rings. The summed E-state index contributed by atoms with van der Waals surface area (Å²) in [6, 6.07) is 2.92. The topological polar surface area (TPSA) is 91.4 Å². The number of hydrogen-bond donors (Lipinski definition) is 1. The van der Waals surface area contributed by atoms with Gasteiger partial charge in [-0.2, -0.15) is 18.4 Å². The number of hydrogen-bond acceptors (Lipinski definition) is 6. The average molecular weight is 406 g/mol. The van der Waals surface area contributed by atoms with Gasteiger partial charge in [0.1, 0.15) is 5.75 Å². The second-order valence-electron chi connectivity index (χ2n) is 7.06. The van der Waals surface area contributed by atoms with Gasteiger partial charge in [0, 0.05) is 19.1 Å². The molecule has 10 heteroatoms. The normalized spacial score (nSPS) is 19.1. The molecule has 1 aliphatic carbocycles. The van der Waals surface area contributed by atoms with E-state index in [2.05, 4.69) is 10.3 Å². The number of benzene rings is 1. The number of nitriles is 1. The fourth-order valence-corrected chi connectivity index (χ4v) is 3.09. The molecule has 0 spiro atoms. The molecule has 29 heavy (non-hydrogen) atoms. The van der Waals surface area contributed by atoms with Gasteiger partial charge in [-0.3, -0.25) is 4.79 Å². The van der Waals surface area contributed by atoms with E-state index in [4.69, 9.17) is 14.4 Å². The van der Waals surface area contributed by atoms with Crippen LogP contribution in [-0.2, 0) is 6.18 Å². The average Bonchev–Trinajstić information content (AvgIpc) is 3.18. The summed E-state index contributed by atoms with van der Waals surface area (Å²) >= 11 is 0. The quantitative estimate of drug-likeness (QED) is 0.767. The van der Waals surface area contributed by atoms with Crippen LogP contribution in [0.25, 0.3) is 11.3 Å². The van der Waals surface area contributed by atoms with Crippen molar-refractivity contribution in [3.63, 3.8) is 0 Å². The summed E-state index contributed by atoms with van der Waals surface area (Å²) in [5.74, 6) is -0.575. The molecule has 4 rings (SSSR count). The number of amides is 1. The van der Waals surface area contributed by atoms with Crippen molar-refractivity contribution in [1.29, 1.82) is 5.26 Å². The van der Waals surface area contributed by atoms with E-state index in [0.717, 1.165) is 25.0 Å². The highest BCUT2D eigenvalue weighted by Gasteiger charge is 2.33. The Hall–Kier alpha value is -3.22. The number of carbonyl (C=O) groups excluding carboxylic acids is 1. The zero-order valence-corrected chi connectivity index (χ0v) is 15.2. The molecular weight excluding hydrogens is 389 g/mol. The minimum atomic E-state index is -4.53. The summed E-state index contributed by atoms with van der Waals surface area (Å²) in [5, 5.41) is 11.6. The molecule has 1 unspecified atom stereocenters. The standard InChI is InChI=1S/C19H17F3N4O3/c20-19(21,22)11-1-4-15(28-13-2-3-13)14(7-11)16-8-24-18(29-16)17(27)25-12-5-6-26(9-12)10-23/h1,4,7-8,12-13H,2-3,5-6,9H2,(H,25,27). The lowest BCUT2D eigenvalue weighted by Crippen LogP contribution is -2.36. The molecule has 2 heterocycles. The van der Waals surface area contributed by atoms with Crippen molar-refractivity contribution < 1.29 is 27.1 Å². The van der Waals surface area contributed by atoms with Crippen LogP contribution in [0.5, 0.6) is 5.75 Å².